The minimum Gasteiger partial charge on any atom is -0.491 e. The number of benzene rings is 1. The number of nitrogens with one attached hydrogen (secondary N) is 1. The zero-order chi connectivity index (χ0) is 14.5. The molecule has 3 nitrogen and oxygen atoms in total. The molecule has 0 aliphatic heterocycles. The summed E-state index contributed by atoms with van der Waals surface area (Å²) in [5.74, 6) is 0.878. The summed E-state index contributed by atoms with van der Waals surface area (Å²) in [5, 5.41) is 12.9. The second-order valence-corrected chi connectivity index (χ2v) is 6.02. The normalized spacial score (nSPS) is 13.4. The molecule has 1 unspecified atom stereocenters. The van der Waals surface area contributed by atoms with Gasteiger partial charge < -0.3 is 15.2 Å². The van der Waals surface area contributed by atoms with Crippen LogP contribution in [0.3, 0.4) is 0 Å². The minimum atomic E-state index is -0.478. The summed E-state index contributed by atoms with van der Waals surface area (Å²) in [4.78, 5) is 0. The molecule has 108 valence electrons. The van der Waals surface area contributed by atoms with Crippen molar-refractivity contribution < 1.29 is 9.84 Å². The van der Waals surface area contributed by atoms with E-state index in [9.17, 15) is 5.11 Å². The maximum atomic E-state index is 9.82. The summed E-state index contributed by atoms with van der Waals surface area (Å²) >= 11 is 0. The molecular weight excluding hydrogens is 238 g/mol. The molecule has 0 aliphatic carbocycles. The van der Waals surface area contributed by atoms with E-state index in [1.54, 1.807) is 0 Å². The second-order valence-electron chi connectivity index (χ2n) is 6.02. The van der Waals surface area contributed by atoms with Crippen molar-refractivity contribution in [1.29, 1.82) is 0 Å². The molecule has 0 saturated carbocycles. The van der Waals surface area contributed by atoms with E-state index in [0.29, 0.717) is 13.2 Å². The summed E-state index contributed by atoms with van der Waals surface area (Å²) in [7, 11) is 0. The fourth-order valence-corrected chi connectivity index (χ4v) is 1.92. The zero-order valence-electron chi connectivity index (χ0n) is 12.8. The molecule has 0 heterocycles. The van der Waals surface area contributed by atoms with Crippen LogP contribution in [0.25, 0.3) is 0 Å². The van der Waals surface area contributed by atoms with Crippen LogP contribution in [0.1, 0.15) is 38.8 Å². The number of aliphatic hydroxyl groups excluding tert-OH is 1. The average Bonchev–Trinajstić information content (AvgIpc) is 2.32. The SMILES string of the molecule is CCNCC(O)COc1cc(C)ccc1C(C)(C)C. The van der Waals surface area contributed by atoms with E-state index in [1.165, 1.54) is 11.1 Å². The van der Waals surface area contributed by atoms with E-state index in [-0.39, 0.29) is 5.41 Å². The lowest BCUT2D eigenvalue weighted by Gasteiger charge is -2.24. The number of rotatable bonds is 6. The molecule has 2 N–H and O–H groups in total. The molecule has 1 atom stereocenters. The number of aliphatic hydroxyl groups is 1. The molecule has 3 heteroatoms. The van der Waals surface area contributed by atoms with Crippen LogP contribution < -0.4 is 10.1 Å². The van der Waals surface area contributed by atoms with Crippen molar-refractivity contribution in [2.24, 2.45) is 0 Å². The molecule has 0 amide bonds. The van der Waals surface area contributed by atoms with E-state index in [4.69, 9.17) is 4.74 Å². The first-order chi connectivity index (χ1) is 8.84. The predicted molar refractivity (Wildman–Crippen MR) is 79.9 cm³/mol. The van der Waals surface area contributed by atoms with Gasteiger partial charge in [0.2, 0.25) is 0 Å². The van der Waals surface area contributed by atoms with Gasteiger partial charge in [-0.2, -0.15) is 0 Å². The van der Waals surface area contributed by atoms with Crippen molar-refractivity contribution >= 4 is 0 Å². The monoisotopic (exact) mass is 265 g/mol. The van der Waals surface area contributed by atoms with Crippen LogP contribution in [-0.2, 0) is 5.41 Å². The smallest absolute Gasteiger partial charge is 0.123 e. The van der Waals surface area contributed by atoms with E-state index in [1.807, 2.05) is 19.9 Å². The van der Waals surface area contributed by atoms with E-state index in [2.05, 4.69) is 38.2 Å². The number of hydrogen-bond acceptors (Lipinski definition) is 3. The van der Waals surface area contributed by atoms with Gasteiger partial charge in [-0.3, -0.25) is 0 Å². The molecule has 0 spiro atoms. The van der Waals surface area contributed by atoms with Crippen LogP contribution in [0.15, 0.2) is 18.2 Å². The van der Waals surface area contributed by atoms with Gasteiger partial charge in [0, 0.05) is 6.54 Å². The van der Waals surface area contributed by atoms with Gasteiger partial charge in [-0.25, -0.2) is 0 Å². The van der Waals surface area contributed by atoms with Gasteiger partial charge in [-0.05, 0) is 36.1 Å². The van der Waals surface area contributed by atoms with Gasteiger partial charge >= 0.3 is 0 Å². The Bertz CT molecular complexity index is 396. The van der Waals surface area contributed by atoms with Crippen LogP contribution >= 0.6 is 0 Å². The number of ether oxygens (including phenoxy) is 1. The third kappa shape index (κ3) is 5.21. The molecular formula is C16H27NO2. The lowest BCUT2D eigenvalue weighted by atomic mass is 9.86. The number of hydrogen-bond donors (Lipinski definition) is 2. The first kappa shape index (κ1) is 16.0. The van der Waals surface area contributed by atoms with Crippen LogP contribution in [0.4, 0.5) is 0 Å². The van der Waals surface area contributed by atoms with Gasteiger partial charge in [-0.1, -0.05) is 39.8 Å². The van der Waals surface area contributed by atoms with Crippen molar-refractivity contribution in [2.45, 2.75) is 46.1 Å². The van der Waals surface area contributed by atoms with Crippen molar-refractivity contribution in [3.8, 4) is 5.75 Å². The maximum absolute atomic E-state index is 9.82. The van der Waals surface area contributed by atoms with Crippen LogP contribution in [0, 0.1) is 6.92 Å². The summed E-state index contributed by atoms with van der Waals surface area (Å²) < 4.78 is 5.81. The summed E-state index contributed by atoms with van der Waals surface area (Å²) in [5.41, 5.74) is 2.38. The van der Waals surface area contributed by atoms with E-state index in [0.717, 1.165) is 12.3 Å². The summed E-state index contributed by atoms with van der Waals surface area (Å²) in [6.45, 7) is 12.3. The molecule has 0 saturated heterocycles. The van der Waals surface area contributed by atoms with Gasteiger partial charge in [0.25, 0.3) is 0 Å². The van der Waals surface area contributed by atoms with Crippen LogP contribution in [0.5, 0.6) is 5.75 Å². The molecule has 1 rings (SSSR count). The lowest BCUT2D eigenvalue weighted by Crippen LogP contribution is -2.31. The van der Waals surface area contributed by atoms with Crippen LogP contribution in [-0.4, -0.2) is 30.9 Å². The van der Waals surface area contributed by atoms with Gasteiger partial charge in [0.15, 0.2) is 0 Å². The maximum Gasteiger partial charge on any atom is 0.123 e. The van der Waals surface area contributed by atoms with Gasteiger partial charge in [0.05, 0.1) is 0 Å². The van der Waals surface area contributed by atoms with E-state index >= 15 is 0 Å². The highest BCUT2D eigenvalue weighted by atomic mass is 16.5. The fourth-order valence-electron chi connectivity index (χ4n) is 1.92. The highest BCUT2D eigenvalue weighted by Gasteiger charge is 2.19. The number of likely N-dealkylation sites (N-methyl/N-ethyl adjacent to an activating group) is 1. The molecule has 0 aliphatic rings. The topological polar surface area (TPSA) is 41.5 Å². The Morgan fingerprint density at radius 2 is 2.00 bits per heavy atom. The molecule has 1 aromatic rings. The molecule has 0 fully saturated rings. The first-order valence-corrected chi connectivity index (χ1v) is 6.97. The lowest BCUT2D eigenvalue weighted by molar-refractivity contribution is 0.106. The Balaban J connectivity index is 2.74. The Labute approximate surface area is 117 Å². The predicted octanol–water partition coefficient (Wildman–Crippen LogP) is 2.64. The summed E-state index contributed by atoms with van der Waals surface area (Å²) in [6.07, 6.45) is -0.478. The first-order valence-electron chi connectivity index (χ1n) is 6.97. The van der Waals surface area contributed by atoms with E-state index < -0.39 is 6.10 Å². The number of aryl methyl sites for hydroxylation is 1. The van der Waals surface area contributed by atoms with Crippen molar-refractivity contribution in [3.05, 3.63) is 29.3 Å². The third-order valence-corrected chi connectivity index (χ3v) is 3.01. The van der Waals surface area contributed by atoms with Crippen molar-refractivity contribution in [2.75, 3.05) is 19.7 Å². The summed E-state index contributed by atoms with van der Waals surface area (Å²) in [6, 6.07) is 6.25. The third-order valence-electron chi connectivity index (χ3n) is 3.01. The molecule has 0 radical (unpaired) electrons. The van der Waals surface area contributed by atoms with Crippen molar-refractivity contribution in [3.63, 3.8) is 0 Å². The highest BCUT2D eigenvalue weighted by molar-refractivity contribution is 5.41. The molecule has 0 bridgehead atoms. The molecule has 0 aromatic heterocycles. The van der Waals surface area contributed by atoms with Crippen LogP contribution in [0.2, 0.25) is 0 Å². The standard InChI is InChI=1S/C16H27NO2/c1-6-17-10-13(18)11-19-15-9-12(2)7-8-14(15)16(3,4)5/h7-9,13,17-18H,6,10-11H2,1-5H3. The largest absolute Gasteiger partial charge is 0.491 e. The molecule has 1 aromatic carbocycles. The Kier molecular flexibility index (Phi) is 5.83. The second kappa shape index (κ2) is 6.92. The zero-order valence-corrected chi connectivity index (χ0v) is 12.8. The van der Waals surface area contributed by atoms with Gasteiger partial charge in [0.1, 0.15) is 18.5 Å². The Hall–Kier alpha value is -1.06. The van der Waals surface area contributed by atoms with Crippen molar-refractivity contribution in [1.82, 2.24) is 5.32 Å². The highest BCUT2D eigenvalue weighted by Crippen LogP contribution is 2.32. The Morgan fingerprint density at radius 1 is 1.32 bits per heavy atom. The average molecular weight is 265 g/mol. The molecule has 19 heavy (non-hydrogen) atoms. The quantitative estimate of drug-likeness (QED) is 0.831. The minimum absolute atomic E-state index is 0.0374. The van der Waals surface area contributed by atoms with Gasteiger partial charge in [-0.15, -0.1) is 0 Å². The Morgan fingerprint density at radius 3 is 2.58 bits per heavy atom. The fraction of sp³-hybridized carbons (Fsp3) is 0.625.